The molecule has 0 bridgehead atoms. The standard InChI is InChI=1S/C15H22Cl2N2O2/c1-4-5-18-14(20)9-21-15-11(8-19-10(2)3)6-12(16)7-13(15)17/h6-7,10,19H,4-5,8-9H2,1-3H3,(H,18,20). The van der Waals surface area contributed by atoms with Crippen molar-refractivity contribution >= 4 is 29.1 Å². The normalized spacial score (nSPS) is 10.8. The van der Waals surface area contributed by atoms with Crippen LogP contribution in [-0.4, -0.2) is 25.1 Å². The Labute approximate surface area is 136 Å². The van der Waals surface area contributed by atoms with Gasteiger partial charge in [0.25, 0.3) is 5.91 Å². The van der Waals surface area contributed by atoms with Crippen molar-refractivity contribution in [2.75, 3.05) is 13.2 Å². The van der Waals surface area contributed by atoms with E-state index in [9.17, 15) is 4.79 Å². The van der Waals surface area contributed by atoms with Crippen LogP contribution in [0.1, 0.15) is 32.8 Å². The number of amides is 1. The van der Waals surface area contributed by atoms with Gasteiger partial charge in [-0.3, -0.25) is 4.79 Å². The van der Waals surface area contributed by atoms with Gasteiger partial charge in [-0.25, -0.2) is 0 Å². The average molecular weight is 333 g/mol. The Morgan fingerprint density at radius 2 is 2.05 bits per heavy atom. The zero-order chi connectivity index (χ0) is 15.8. The Morgan fingerprint density at radius 3 is 2.67 bits per heavy atom. The molecule has 0 unspecified atom stereocenters. The van der Waals surface area contributed by atoms with E-state index in [0.29, 0.717) is 34.9 Å². The number of hydrogen-bond acceptors (Lipinski definition) is 3. The van der Waals surface area contributed by atoms with Crippen molar-refractivity contribution in [3.8, 4) is 5.75 Å². The molecule has 1 amide bonds. The van der Waals surface area contributed by atoms with Gasteiger partial charge in [0.1, 0.15) is 5.75 Å². The quantitative estimate of drug-likeness (QED) is 0.767. The highest BCUT2D eigenvalue weighted by molar-refractivity contribution is 6.35. The summed E-state index contributed by atoms with van der Waals surface area (Å²) in [6.07, 6.45) is 0.886. The first-order valence-corrected chi connectivity index (χ1v) is 7.80. The lowest BCUT2D eigenvalue weighted by Crippen LogP contribution is -2.29. The summed E-state index contributed by atoms with van der Waals surface area (Å²) >= 11 is 12.2. The van der Waals surface area contributed by atoms with Crippen molar-refractivity contribution in [3.63, 3.8) is 0 Å². The maximum Gasteiger partial charge on any atom is 0.257 e. The van der Waals surface area contributed by atoms with Crippen molar-refractivity contribution in [2.24, 2.45) is 0 Å². The molecule has 0 aliphatic heterocycles. The zero-order valence-corrected chi connectivity index (χ0v) is 14.1. The highest BCUT2D eigenvalue weighted by Gasteiger charge is 2.13. The number of carbonyl (C=O) groups excluding carboxylic acids is 1. The molecular formula is C15H22Cl2N2O2. The second-order valence-electron chi connectivity index (χ2n) is 5.05. The molecule has 0 aliphatic rings. The summed E-state index contributed by atoms with van der Waals surface area (Å²) in [4.78, 5) is 11.6. The number of rotatable bonds is 8. The molecule has 1 aromatic carbocycles. The zero-order valence-electron chi connectivity index (χ0n) is 12.6. The van der Waals surface area contributed by atoms with Crippen LogP contribution in [0.4, 0.5) is 0 Å². The van der Waals surface area contributed by atoms with E-state index in [-0.39, 0.29) is 12.5 Å². The Hall–Kier alpha value is -0.970. The molecule has 0 saturated heterocycles. The SMILES string of the molecule is CCCNC(=O)COc1c(Cl)cc(Cl)cc1CNC(C)C. The van der Waals surface area contributed by atoms with E-state index >= 15 is 0 Å². The third-order valence-electron chi connectivity index (χ3n) is 2.71. The number of nitrogens with one attached hydrogen (secondary N) is 2. The minimum absolute atomic E-state index is 0.0595. The third-order valence-corrected chi connectivity index (χ3v) is 3.20. The van der Waals surface area contributed by atoms with Crippen LogP contribution in [0.3, 0.4) is 0 Å². The molecule has 0 saturated carbocycles. The Balaban J connectivity index is 2.76. The fourth-order valence-electron chi connectivity index (χ4n) is 1.67. The predicted molar refractivity (Wildman–Crippen MR) is 87.2 cm³/mol. The molecular weight excluding hydrogens is 311 g/mol. The second-order valence-corrected chi connectivity index (χ2v) is 5.89. The van der Waals surface area contributed by atoms with Crippen LogP contribution in [0.15, 0.2) is 12.1 Å². The van der Waals surface area contributed by atoms with Crippen molar-refractivity contribution in [1.29, 1.82) is 0 Å². The average Bonchev–Trinajstić information content (AvgIpc) is 2.41. The number of ether oxygens (including phenoxy) is 1. The van der Waals surface area contributed by atoms with E-state index < -0.39 is 0 Å². The number of benzene rings is 1. The summed E-state index contributed by atoms with van der Waals surface area (Å²) in [6, 6.07) is 3.73. The van der Waals surface area contributed by atoms with Crippen LogP contribution in [0, 0.1) is 0 Å². The molecule has 6 heteroatoms. The van der Waals surface area contributed by atoms with Gasteiger partial charge in [0, 0.05) is 29.7 Å². The summed E-state index contributed by atoms with van der Waals surface area (Å²) in [5.74, 6) is 0.339. The first-order valence-electron chi connectivity index (χ1n) is 7.04. The van der Waals surface area contributed by atoms with Gasteiger partial charge in [0.2, 0.25) is 0 Å². The second kappa shape index (κ2) is 9.13. The molecule has 1 aromatic rings. The van der Waals surface area contributed by atoms with Gasteiger partial charge in [-0.05, 0) is 18.6 Å². The van der Waals surface area contributed by atoms with E-state index in [0.717, 1.165) is 12.0 Å². The van der Waals surface area contributed by atoms with Gasteiger partial charge in [0.15, 0.2) is 6.61 Å². The minimum atomic E-state index is -0.161. The lowest BCUT2D eigenvalue weighted by molar-refractivity contribution is -0.123. The topological polar surface area (TPSA) is 50.4 Å². The van der Waals surface area contributed by atoms with Crippen molar-refractivity contribution in [3.05, 3.63) is 27.7 Å². The molecule has 2 N–H and O–H groups in total. The molecule has 118 valence electrons. The van der Waals surface area contributed by atoms with Crippen LogP contribution in [0.25, 0.3) is 0 Å². The van der Waals surface area contributed by atoms with E-state index in [1.807, 2.05) is 20.8 Å². The predicted octanol–water partition coefficient (Wildman–Crippen LogP) is 3.40. The van der Waals surface area contributed by atoms with E-state index in [1.165, 1.54) is 0 Å². The van der Waals surface area contributed by atoms with Gasteiger partial charge in [-0.2, -0.15) is 0 Å². The molecule has 1 rings (SSSR count). The van der Waals surface area contributed by atoms with Gasteiger partial charge in [-0.15, -0.1) is 0 Å². The molecule has 0 aromatic heterocycles. The largest absolute Gasteiger partial charge is 0.482 e. The summed E-state index contributed by atoms with van der Waals surface area (Å²) < 4.78 is 5.57. The summed E-state index contributed by atoms with van der Waals surface area (Å²) in [5, 5.41) is 6.99. The summed E-state index contributed by atoms with van der Waals surface area (Å²) in [6.45, 7) is 7.24. The van der Waals surface area contributed by atoms with Gasteiger partial charge in [-0.1, -0.05) is 44.0 Å². The lowest BCUT2D eigenvalue weighted by atomic mass is 10.2. The van der Waals surface area contributed by atoms with Gasteiger partial charge < -0.3 is 15.4 Å². The van der Waals surface area contributed by atoms with E-state index in [1.54, 1.807) is 12.1 Å². The number of hydrogen-bond donors (Lipinski definition) is 2. The van der Waals surface area contributed by atoms with E-state index in [2.05, 4.69) is 10.6 Å². The van der Waals surface area contributed by atoms with Crippen LogP contribution in [0.5, 0.6) is 5.75 Å². The molecule has 21 heavy (non-hydrogen) atoms. The first-order chi connectivity index (χ1) is 9.93. The third kappa shape index (κ3) is 6.55. The van der Waals surface area contributed by atoms with E-state index in [4.69, 9.17) is 27.9 Å². The Kier molecular flexibility index (Phi) is 7.86. The molecule has 0 fully saturated rings. The number of carbonyl (C=O) groups is 1. The Bertz CT molecular complexity index is 479. The lowest BCUT2D eigenvalue weighted by Gasteiger charge is -2.15. The van der Waals surface area contributed by atoms with Crippen LogP contribution < -0.4 is 15.4 Å². The van der Waals surface area contributed by atoms with Crippen LogP contribution in [-0.2, 0) is 11.3 Å². The summed E-state index contributed by atoms with van der Waals surface area (Å²) in [7, 11) is 0. The van der Waals surface area contributed by atoms with Crippen molar-refractivity contribution < 1.29 is 9.53 Å². The summed E-state index contributed by atoms with van der Waals surface area (Å²) in [5.41, 5.74) is 0.837. The first kappa shape index (κ1) is 18.1. The highest BCUT2D eigenvalue weighted by atomic mass is 35.5. The smallest absolute Gasteiger partial charge is 0.257 e. The fraction of sp³-hybridized carbons (Fsp3) is 0.533. The van der Waals surface area contributed by atoms with Gasteiger partial charge >= 0.3 is 0 Å². The highest BCUT2D eigenvalue weighted by Crippen LogP contribution is 2.32. The number of halogens is 2. The van der Waals surface area contributed by atoms with Crippen molar-refractivity contribution in [1.82, 2.24) is 10.6 Å². The maximum absolute atomic E-state index is 11.6. The minimum Gasteiger partial charge on any atom is -0.482 e. The molecule has 4 nitrogen and oxygen atoms in total. The molecule has 0 spiro atoms. The molecule has 0 heterocycles. The molecule has 0 aliphatic carbocycles. The Morgan fingerprint density at radius 1 is 1.33 bits per heavy atom. The van der Waals surface area contributed by atoms with Crippen LogP contribution in [0.2, 0.25) is 10.0 Å². The van der Waals surface area contributed by atoms with Gasteiger partial charge in [0.05, 0.1) is 5.02 Å². The van der Waals surface area contributed by atoms with Crippen LogP contribution >= 0.6 is 23.2 Å². The maximum atomic E-state index is 11.6. The monoisotopic (exact) mass is 332 g/mol. The molecule has 0 radical (unpaired) electrons. The molecule has 0 atom stereocenters. The fourth-order valence-corrected chi connectivity index (χ4v) is 2.26. The van der Waals surface area contributed by atoms with Crippen molar-refractivity contribution in [2.45, 2.75) is 39.8 Å².